The summed E-state index contributed by atoms with van der Waals surface area (Å²) >= 11 is 0. The van der Waals surface area contributed by atoms with E-state index >= 15 is 0 Å². The predicted octanol–water partition coefficient (Wildman–Crippen LogP) is 3.06. The third-order valence-electron chi connectivity index (χ3n) is 5.46. The molecule has 2 aromatic carbocycles. The van der Waals surface area contributed by atoms with Gasteiger partial charge in [0.15, 0.2) is 0 Å². The fraction of sp³-hybridized carbons (Fsp3) is 0.318. The van der Waals surface area contributed by atoms with Gasteiger partial charge in [-0.1, -0.05) is 50.2 Å². The molecule has 0 aliphatic carbocycles. The molecule has 0 bridgehead atoms. The number of aromatic nitrogens is 1. The number of nitrogens with zero attached hydrogens (tertiary/aromatic N) is 1. The van der Waals surface area contributed by atoms with Crippen molar-refractivity contribution >= 4 is 26.8 Å². The van der Waals surface area contributed by atoms with E-state index in [1.54, 1.807) is 23.1 Å². The van der Waals surface area contributed by atoms with Crippen LogP contribution in [0.1, 0.15) is 25.1 Å². The van der Waals surface area contributed by atoms with Crippen LogP contribution in [0.5, 0.6) is 0 Å². The Hall–Kier alpha value is -2.64. The second kappa shape index (κ2) is 7.65. The van der Waals surface area contributed by atoms with Crippen LogP contribution in [0, 0.1) is 5.92 Å². The zero-order valence-corrected chi connectivity index (χ0v) is 17.4. The summed E-state index contributed by atoms with van der Waals surface area (Å²) in [7, 11) is -3.78. The molecule has 3 aromatic rings. The number of carbonyl (C=O) groups is 1. The molecule has 1 atom stereocenters. The maximum absolute atomic E-state index is 13.3. The predicted molar refractivity (Wildman–Crippen MR) is 113 cm³/mol. The van der Waals surface area contributed by atoms with E-state index in [4.69, 9.17) is 0 Å². The van der Waals surface area contributed by atoms with Crippen molar-refractivity contribution in [2.75, 3.05) is 6.54 Å². The number of hydrogen-bond acceptors (Lipinski definition) is 3. The van der Waals surface area contributed by atoms with Gasteiger partial charge in [-0.3, -0.25) is 4.79 Å². The zero-order valence-electron chi connectivity index (χ0n) is 16.6. The Kier molecular flexibility index (Phi) is 5.19. The topological polar surface area (TPSA) is 82.3 Å². The molecular formula is C22H25N3O3S. The van der Waals surface area contributed by atoms with E-state index < -0.39 is 16.1 Å². The van der Waals surface area contributed by atoms with E-state index in [0.29, 0.717) is 13.1 Å². The summed E-state index contributed by atoms with van der Waals surface area (Å²) in [5, 5.41) is 1.12. The summed E-state index contributed by atoms with van der Waals surface area (Å²) in [5.41, 5.74) is 3.34. The summed E-state index contributed by atoms with van der Waals surface area (Å²) in [6.07, 6.45) is 0.728. The van der Waals surface area contributed by atoms with E-state index in [1.807, 2.05) is 32.0 Å². The monoisotopic (exact) mass is 411 g/mol. The maximum atomic E-state index is 13.3. The molecule has 6 nitrogen and oxygen atoms in total. The van der Waals surface area contributed by atoms with Gasteiger partial charge in [0.2, 0.25) is 15.9 Å². The highest BCUT2D eigenvalue weighted by molar-refractivity contribution is 7.89. The number of para-hydroxylation sites is 1. The van der Waals surface area contributed by atoms with Crippen molar-refractivity contribution in [3.05, 3.63) is 65.9 Å². The molecule has 0 radical (unpaired) electrons. The fourth-order valence-electron chi connectivity index (χ4n) is 3.86. The fourth-order valence-corrected chi connectivity index (χ4v) is 5.22. The third-order valence-corrected chi connectivity index (χ3v) is 6.92. The first-order valence-electron chi connectivity index (χ1n) is 9.81. The number of rotatable bonds is 5. The lowest BCUT2D eigenvalue weighted by atomic mass is 10.0. The van der Waals surface area contributed by atoms with E-state index in [-0.39, 0.29) is 16.7 Å². The van der Waals surface area contributed by atoms with Crippen molar-refractivity contribution in [1.82, 2.24) is 14.6 Å². The lowest BCUT2D eigenvalue weighted by Crippen LogP contribution is -2.52. The van der Waals surface area contributed by atoms with Crippen molar-refractivity contribution in [2.45, 2.75) is 37.8 Å². The van der Waals surface area contributed by atoms with Crippen LogP contribution in [0.3, 0.4) is 0 Å². The maximum Gasteiger partial charge on any atom is 0.241 e. The van der Waals surface area contributed by atoms with E-state index in [0.717, 1.165) is 28.6 Å². The Morgan fingerprint density at radius 1 is 1.07 bits per heavy atom. The molecule has 0 spiro atoms. The van der Waals surface area contributed by atoms with Crippen molar-refractivity contribution in [3.63, 3.8) is 0 Å². The quantitative estimate of drug-likeness (QED) is 0.677. The average Bonchev–Trinajstić information content (AvgIpc) is 3.10. The number of fused-ring (bicyclic) bond motifs is 3. The highest BCUT2D eigenvalue weighted by Gasteiger charge is 2.33. The first kappa shape index (κ1) is 19.7. The van der Waals surface area contributed by atoms with Gasteiger partial charge in [-0.15, -0.1) is 0 Å². The SMILES string of the molecule is CC(C)[C@@H](NS(=O)(=O)c1ccccc1)C(=O)N1CCc2[nH]c3ccccc3c2C1. The average molecular weight is 412 g/mol. The molecule has 0 fully saturated rings. The van der Waals surface area contributed by atoms with Crippen molar-refractivity contribution < 1.29 is 13.2 Å². The Morgan fingerprint density at radius 2 is 1.76 bits per heavy atom. The molecule has 0 saturated heterocycles. The molecule has 29 heavy (non-hydrogen) atoms. The number of H-pyrrole nitrogens is 1. The lowest BCUT2D eigenvalue weighted by Gasteiger charge is -2.32. The van der Waals surface area contributed by atoms with Crippen LogP contribution in [0.25, 0.3) is 10.9 Å². The van der Waals surface area contributed by atoms with Gasteiger partial charge in [0.25, 0.3) is 0 Å². The van der Waals surface area contributed by atoms with Crippen LogP contribution >= 0.6 is 0 Å². The molecule has 0 saturated carbocycles. The first-order valence-corrected chi connectivity index (χ1v) is 11.3. The molecule has 1 aromatic heterocycles. The minimum Gasteiger partial charge on any atom is -0.358 e. The number of nitrogens with one attached hydrogen (secondary N) is 2. The number of sulfonamides is 1. The van der Waals surface area contributed by atoms with Gasteiger partial charge in [-0.2, -0.15) is 4.72 Å². The van der Waals surface area contributed by atoms with Gasteiger partial charge < -0.3 is 9.88 Å². The summed E-state index contributed by atoms with van der Waals surface area (Å²) in [5.74, 6) is -0.360. The van der Waals surface area contributed by atoms with E-state index in [9.17, 15) is 13.2 Å². The van der Waals surface area contributed by atoms with Crippen molar-refractivity contribution in [2.24, 2.45) is 5.92 Å². The molecule has 2 heterocycles. The van der Waals surface area contributed by atoms with Gasteiger partial charge in [-0.25, -0.2) is 8.42 Å². The number of carbonyl (C=O) groups excluding carboxylic acids is 1. The Bertz CT molecular complexity index is 1140. The van der Waals surface area contributed by atoms with Crippen LogP contribution in [-0.2, 0) is 27.8 Å². The van der Waals surface area contributed by atoms with Gasteiger partial charge >= 0.3 is 0 Å². The van der Waals surface area contributed by atoms with Crippen LogP contribution in [0.4, 0.5) is 0 Å². The normalized spacial score (nSPS) is 15.5. The molecule has 2 N–H and O–H groups in total. The third kappa shape index (κ3) is 3.80. The lowest BCUT2D eigenvalue weighted by molar-refractivity contribution is -0.135. The molecule has 1 aliphatic rings. The Balaban J connectivity index is 1.58. The van der Waals surface area contributed by atoms with Crippen LogP contribution in [-0.4, -0.2) is 36.8 Å². The summed E-state index contributed by atoms with van der Waals surface area (Å²) in [4.78, 5) is 18.7. The molecule has 1 aliphatic heterocycles. The molecule has 7 heteroatoms. The smallest absolute Gasteiger partial charge is 0.241 e. The zero-order chi connectivity index (χ0) is 20.6. The van der Waals surface area contributed by atoms with Crippen molar-refractivity contribution in [3.8, 4) is 0 Å². The highest BCUT2D eigenvalue weighted by Crippen LogP contribution is 2.28. The van der Waals surface area contributed by atoms with Crippen molar-refractivity contribution in [1.29, 1.82) is 0 Å². The van der Waals surface area contributed by atoms with Gasteiger partial charge in [-0.05, 0) is 24.1 Å². The summed E-state index contributed by atoms with van der Waals surface area (Å²) < 4.78 is 28.2. The second-order valence-electron chi connectivity index (χ2n) is 7.79. The van der Waals surface area contributed by atoms with Gasteiger partial charge in [0, 0.05) is 41.7 Å². The molecule has 4 rings (SSSR count). The Labute approximate surface area is 171 Å². The molecule has 0 unspecified atom stereocenters. The highest BCUT2D eigenvalue weighted by atomic mass is 32.2. The number of benzene rings is 2. The summed E-state index contributed by atoms with van der Waals surface area (Å²) in [6, 6.07) is 15.4. The minimum absolute atomic E-state index is 0.163. The van der Waals surface area contributed by atoms with E-state index in [2.05, 4.69) is 15.8 Å². The van der Waals surface area contributed by atoms with Crippen LogP contribution in [0.15, 0.2) is 59.5 Å². The number of amides is 1. The van der Waals surface area contributed by atoms with Crippen LogP contribution in [0.2, 0.25) is 0 Å². The van der Waals surface area contributed by atoms with Gasteiger partial charge in [0.1, 0.15) is 6.04 Å². The van der Waals surface area contributed by atoms with E-state index in [1.165, 1.54) is 12.1 Å². The molecular weight excluding hydrogens is 386 g/mol. The largest absolute Gasteiger partial charge is 0.358 e. The minimum atomic E-state index is -3.78. The van der Waals surface area contributed by atoms with Gasteiger partial charge in [0.05, 0.1) is 4.90 Å². The molecule has 1 amide bonds. The first-order chi connectivity index (χ1) is 13.9. The van der Waals surface area contributed by atoms with Crippen LogP contribution < -0.4 is 4.72 Å². The summed E-state index contributed by atoms with van der Waals surface area (Å²) in [6.45, 7) is 4.76. The number of hydrogen-bond donors (Lipinski definition) is 2. The Morgan fingerprint density at radius 3 is 2.48 bits per heavy atom. The second-order valence-corrected chi connectivity index (χ2v) is 9.51. The molecule has 152 valence electrons. The number of aromatic amines is 1. The standard InChI is InChI=1S/C22H25N3O3S/c1-15(2)21(24-29(27,28)16-8-4-3-5-9-16)22(26)25-13-12-20-18(14-25)17-10-6-7-11-19(17)23-20/h3-11,15,21,23-24H,12-14H2,1-2H3/t21-/m1/s1.